The molecule has 6 nitrogen and oxygen atoms in total. The summed E-state index contributed by atoms with van der Waals surface area (Å²) in [6.07, 6.45) is 6.26. The lowest BCUT2D eigenvalue weighted by atomic mass is 10.1. The Morgan fingerprint density at radius 3 is 2.40 bits per heavy atom. The zero-order chi connectivity index (χ0) is 17.4. The molecule has 25 heavy (non-hydrogen) atoms. The van der Waals surface area contributed by atoms with Crippen molar-refractivity contribution in [3.63, 3.8) is 0 Å². The average Bonchev–Trinajstić information content (AvgIpc) is 3.41. The molecule has 1 atom stereocenters. The predicted molar refractivity (Wildman–Crippen MR) is 114 cm³/mol. The maximum Gasteiger partial charge on any atom is 0.193 e. The SMILES string of the molecule is CN=C(NCC(C1CC1)N(C)C)N1CCC(OCCCOC)CC1.I. The lowest BCUT2D eigenvalue weighted by molar-refractivity contribution is 0.00986. The molecule has 7 heteroatoms. The first kappa shape index (κ1) is 22.9. The Balaban J connectivity index is 0.00000312. The second kappa shape index (κ2) is 12.3. The number of methoxy groups -OCH3 is 1. The number of ether oxygens (including phenoxy) is 2. The number of nitrogens with zero attached hydrogens (tertiary/aromatic N) is 3. The van der Waals surface area contributed by atoms with Crippen molar-refractivity contribution in [3.8, 4) is 0 Å². The molecular formula is C18H37IN4O2. The second-order valence-corrected chi connectivity index (χ2v) is 7.20. The molecule has 0 radical (unpaired) electrons. The summed E-state index contributed by atoms with van der Waals surface area (Å²) >= 11 is 0. The molecule has 1 N–H and O–H groups in total. The van der Waals surface area contributed by atoms with Crippen LogP contribution in [0, 0.1) is 5.92 Å². The lowest BCUT2D eigenvalue weighted by Crippen LogP contribution is -2.50. The van der Waals surface area contributed by atoms with Crippen molar-refractivity contribution in [2.24, 2.45) is 10.9 Å². The molecule has 0 aromatic heterocycles. The lowest BCUT2D eigenvalue weighted by Gasteiger charge is -2.35. The van der Waals surface area contributed by atoms with Gasteiger partial charge in [0.25, 0.3) is 0 Å². The van der Waals surface area contributed by atoms with Crippen molar-refractivity contribution < 1.29 is 9.47 Å². The summed E-state index contributed by atoms with van der Waals surface area (Å²) in [6, 6.07) is 0.614. The van der Waals surface area contributed by atoms with Crippen LogP contribution >= 0.6 is 24.0 Å². The van der Waals surface area contributed by atoms with Gasteiger partial charge in [-0.25, -0.2) is 0 Å². The molecule has 0 aromatic rings. The van der Waals surface area contributed by atoms with E-state index in [1.54, 1.807) is 7.11 Å². The van der Waals surface area contributed by atoms with Crippen LogP contribution in [0.3, 0.4) is 0 Å². The minimum absolute atomic E-state index is 0. The van der Waals surface area contributed by atoms with Crippen LogP contribution in [-0.4, -0.2) is 89.0 Å². The van der Waals surface area contributed by atoms with Gasteiger partial charge in [-0.15, -0.1) is 24.0 Å². The monoisotopic (exact) mass is 468 g/mol. The van der Waals surface area contributed by atoms with Crippen molar-refractivity contribution in [1.29, 1.82) is 0 Å². The third-order valence-electron chi connectivity index (χ3n) is 5.10. The van der Waals surface area contributed by atoms with Crippen LogP contribution in [0.4, 0.5) is 0 Å². The van der Waals surface area contributed by atoms with Crippen LogP contribution in [0.5, 0.6) is 0 Å². The molecule has 0 aromatic carbocycles. The van der Waals surface area contributed by atoms with Gasteiger partial charge in [0.2, 0.25) is 0 Å². The largest absolute Gasteiger partial charge is 0.385 e. The highest BCUT2D eigenvalue weighted by molar-refractivity contribution is 14.0. The fraction of sp³-hybridized carbons (Fsp3) is 0.944. The van der Waals surface area contributed by atoms with Crippen molar-refractivity contribution in [2.75, 3.05) is 61.1 Å². The number of nitrogens with one attached hydrogen (secondary N) is 1. The third kappa shape index (κ3) is 7.97. The van der Waals surface area contributed by atoms with Crippen molar-refractivity contribution in [2.45, 2.75) is 44.2 Å². The minimum Gasteiger partial charge on any atom is -0.385 e. The van der Waals surface area contributed by atoms with E-state index in [1.807, 2.05) is 7.05 Å². The zero-order valence-corrected chi connectivity index (χ0v) is 18.7. The normalized spacial score (nSPS) is 20.5. The molecular weight excluding hydrogens is 431 g/mol. The highest BCUT2D eigenvalue weighted by atomic mass is 127. The second-order valence-electron chi connectivity index (χ2n) is 7.20. The summed E-state index contributed by atoms with van der Waals surface area (Å²) in [5.74, 6) is 1.90. The summed E-state index contributed by atoms with van der Waals surface area (Å²) in [7, 11) is 7.98. The molecule has 2 aliphatic rings. The zero-order valence-electron chi connectivity index (χ0n) is 16.4. The quantitative estimate of drug-likeness (QED) is 0.243. The number of likely N-dealkylation sites (N-methyl/N-ethyl adjacent to an activating group) is 1. The maximum absolute atomic E-state index is 5.94. The number of likely N-dealkylation sites (tertiary alicyclic amines) is 1. The van der Waals surface area contributed by atoms with Gasteiger partial charge in [0.1, 0.15) is 0 Å². The molecule has 1 saturated carbocycles. The molecule has 0 spiro atoms. The number of hydrogen-bond donors (Lipinski definition) is 1. The van der Waals surface area contributed by atoms with Crippen LogP contribution in [0.1, 0.15) is 32.1 Å². The average molecular weight is 468 g/mol. The van der Waals surface area contributed by atoms with E-state index in [4.69, 9.17) is 9.47 Å². The third-order valence-corrected chi connectivity index (χ3v) is 5.10. The Hall–Kier alpha value is -0.120. The van der Waals surface area contributed by atoms with Crippen LogP contribution < -0.4 is 5.32 Å². The molecule has 1 aliphatic carbocycles. The summed E-state index contributed by atoms with van der Waals surface area (Å²) in [5, 5.41) is 3.59. The van der Waals surface area contributed by atoms with Gasteiger partial charge in [-0.3, -0.25) is 4.99 Å². The van der Waals surface area contributed by atoms with E-state index in [0.717, 1.165) is 64.0 Å². The number of guanidine groups is 1. The van der Waals surface area contributed by atoms with Crippen LogP contribution in [0.2, 0.25) is 0 Å². The van der Waals surface area contributed by atoms with Gasteiger partial charge < -0.3 is 24.6 Å². The van der Waals surface area contributed by atoms with E-state index in [-0.39, 0.29) is 24.0 Å². The molecule has 0 bridgehead atoms. The van der Waals surface area contributed by atoms with E-state index >= 15 is 0 Å². The number of hydrogen-bond acceptors (Lipinski definition) is 4. The van der Waals surface area contributed by atoms with Gasteiger partial charge in [-0.05, 0) is 52.1 Å². The predicted octanol–water partition coefficient (Wildman–Crippen LogP) is 2.04. The Bertz CT molecular complexity index is 381. The van der Waals surface area contributed by atoms with Crippen LogP contribution in [0.15, 0.2) is 4.99 Å². The molecule has 2 fully saturated rings. The van der Waals surface area contributed by atoms with Gasteiger partial charge in [0.15, 0.2) is 5.96 Å². The molecule has 2 rings (SSSR count). The van der Waals surface area contributed by atoms with Gasteiger partial charge in [-0.2, -0.15) is 0 Å². The van der Waals surface area contributed by atoms with Crippen molar-refractivity contribution in [1.82, 2.24) is 15.1 Å². The van der Waals surface area contributed by atoms with Crippen LogP contribution in [-0.2, 0) is 9.47 Å². The van der Waals surface area contributed by atoms with Gasteiger partial charge >= 0.3 is 0 Å². The maximum atomic E-state index is 5.94. The summed E-state index contributed by atoms with van der Waals surface area (Å²) in [6.45, 7) is 4.61. The van der Waals surface area contributed by atoms with E-state index < -0.39 is 0 Å². The van der Waals surface area contributed by atoms with E-state index in [1.165, 1.54) is 12.8 Å². The number of rotatable bonds is 9. The molecule has 1 heterocycles. The number of halogens is 1. The Kier molecular flexibility index (Phi) is 11.3. The Morgan fingerprint density at radius 2 is 1.88 bits per heavy atom. The van der Waals surface area contributed by atoms with Crippen molar-refractivity contribution >= 4 is 29.9 Å². The Labute approximate surface area is 170 Å². The standard InChI is InChI=1S/C18H36N4O2.HI/c1-19-18(20-14-17(21(2)3)15-6-7-15)22-10-8-16(9-11-22)24-13-5-12-23-4;/h15-17H,5-14H2,1-4H3,(H,19,20);1H. The number of piperidine rings is 1. The molecule has 1 aliphatic heterocycles. The first-order valence-corrected chi connectivity index (χ1v) is 9.38. The first-order chi connectivity index (χ1) is 11.7. The summed E-state index contributed by atoms with van der Waals surface area (Å²) in [4.78, 5) is 9.20. The highest BCUT2D eigenvalue weighted by Crippen LogP contribution is 2.34. The molecule has 1 unspecified atom stereocenters. The van der Waals surface area contributed by atoms with E-state index in [9.17, 15) is 0 Å². The van der Waals surface area contributed by atoms with E-state index in [2.05, 4.69) is 34.2 Å². The summed E-state index contributed by atoms with van der Waals surface area (Å²) < 4.78 is 11.0. The van der Waals surface area contributed by atoms with Gasteiger partial charge in [0.05, 0.1) is 6.10 Å². The molecule has 1 saturated heterocycles. The fourth-order valence-electron chi connectivity index (χ4n) is 3.47. The highest BCUT2D eigenvalue weighted by Gasteiger charge is 2.33. The first-order valence-electron chi connectivity index (χ1n) is 9.38. The van der Waals surface area contributed by atoms with Gasteiger partial charge in [0, 0.05) is 53.0 Å². The Morgan fingerprint density at radius 1 is 1.20 bits per heavy atom. The number of aliphatic imine (C=N–C) groups is 1. The summed E-state index contributed by atoms with van der Waals surface area (Å²) in [5.41, 5.74) is 0. The topological polar surface area (TPSA) is 49.3 Å². The fourth-order valence-corrected chi connectivity index (χ4v) is 3.47. The minimum atomic E-state index is 0. The molecule has 148 valence electrons. The van der Waals surface area contributed by atoms with Crippen molar-refractivity contribution in [3.05, 3.63) is 0 Å². The smallest absolute Gasteiger partial charge is 0.193 e. The van der Waals surface area contributed by atoms with Crippen LogP contribution in [0.25, 0.3) is 0 Å². The van der Waals surface area contributed by atoms with E-state index in [0.29, 0.717) is 12.1 Å². The molecule has 0 amide bonds. The van der Waals surface area contributed by atoms with Gasteiger partial charge in [-0.1, -0.05) is 0 Å².